The summed E-state index contributed by atoms with van der Waals surface area (Å²) in [5, 5.41) is 2.81. The Morgan fingerprint density at radius 3 is 2.66 bits per heavy atom. The van der Waals surface area contributed by atoms with E-state index < -0.39 is 5.91 Å². The fourth-order valence-electron chi connectivity index (χ4n) is 4.01. The van der Waals surface area contributed by atoms with Crippen LogP contribution in [0.25, 0.3) is 5.69 Å². The monoisotopic (exact) mass is 471 g/mol. The van der Waals surface area contributed by atoms with Gasteiger partial charge in [0.15, 0.2) is 5.69 Å². The number of methoxy groups -OCH3 is 1. The zero-order valence-corrected chi connectivity index (χ0v) is 19.3. The lowest BCUT2D eigenvalue weighted by Crippen LogP contribution is -2.49. The molecule has 3 heterocycles. The molecule has 3 amide bonds. The minimum atomic E-state index is -0.411. The fraction of sp³-hybridized carbons (Fsp3) is 0.192. The van der Waals surface area contributed by atoms with Crippen molar-refractivity contribution in [2.24, 2.45) is 0 Å². The van der Waals surface area contributed by atoms with Crippen molar-refractivity contribution in [2.45, 2.75) is 13.0 Å². The van der Waals surface area contributed by atoms with Crippen molar-refractivity contribution in [3.8, 4) is 11.4 Å². The number of carbonyl (C=O) groups excluding carboxylic acids is 2. The van der Waals surface area contributed by atoms with Crippen LogP contribution in [-0.2, 0) is 6.54 Å². The van der Waals surface area contributed by atoms with Gasteiger partial charge in [-0.1, -0.05) is 12.1 Å². The lowest BCUT2D eigenvalue weighted by Gasteiger charge is -2.33. The van der Waals surface area contributed by atoms with Crippen LogP contribution in [0.4, 0.5) is 16.5 Å². The molecule has 0 saturated carbocycles. The van der Waals surface area contributed by atoms with Gasteiger partial charge in [0.05, 0.1) is 7.11 Å². The number of benzene rings is 2. The molecule has 0 unspecified atom stereocenters. The van der Waals surface area contributed by atoms with E-state index >= 15 is 0 Å². The first-order valence-corrected chi connectivity index (χ1v) is 11.3. The van der Waals surface area contributed by atoms with Crippen LogP contribution in [0.5, 0.6) is 5.75 Å². The van der Waals surface area contributed by atoms with Gasteiger partial charge in [0.2, 0.25) is 0 Å². The molecule has 1 saturated heterocycles. The number of hydrogen-bond donors (Lipinski definition) is 1. The number of carbonyl (C=O) groups is 2. The second-order valence-corrected chi connectivity index (χ2v) is 8.17. The molecule has 9 nitrogen and oxygen atoms in total. The Balaban J connectivity index is 1.24. The maximum atomic E-state index is 13.1. The molecule has 1 aliphatic heterocycles. The number of nitrogens with zero attached hydrogens (tertiary/aromatic N) is 4. The van der Waals surface area contributed by atoms with E-state index in [1.807, 2.05) is 77.6 Å². The molecule has 0 bridgehead atoms. The largest absolute Gasteiger partial charge is 0.497 e. The van der Waals surface area contributed by atoms with E-state index in [-0.39, 0.29) is 17.7 Å². The van der Waals surface area contributed by atoms with Gasteiger partial charge in [0.25, 0.3) is 5.91 Å². The van der Waals surface area contributed by atoms with Crippen LogP contribution in [0, 0.1) is 0 Å². The molecule has 1 aliphatic rings. The number of urea groups is 1. The Labute approximate surface area is 202 Å². The Morgan fingerprint density at radius 2 is 1.89 bits per heavy atom. The lowest BCUT2D eigenvalue weighted by molar-refractivity contribution is 0.102. The van der Waals surface area contributed by atoms with Crippen LogP contribution < -0.4 is 15.0 Å². The third-order valence-corrected chi connectivity index (χ3v) is 5.80. The summed E-state index contributed by atoms with van der Waals surface area (Å²) in [5.41, 5.74) is 2.69. The summed E-state index contributed by atoms with van der Waals surface area (Å²) in [5.74, 6) is 0.331. The molecule has 1 N–H and O–H groups in total. The van der Waals surface area contributed by atoms with Crippen LogP contribution in [0.3, 0.4) is 0 Å². The summed E-state index contributed by atoms with van der Waals surface area (Å²) in [6.45, 7) is 1.54. The molecule has 1 fully saturated rings. The number of aromatic nitrogens is 2. The van der Waals surface area contributed by atoms with E-state index in [1.165, 1.54) is 11.2 Å². The van der Waals surface area contributed by atoms with E-state index in [0.29, 0.717) is 25.3 Å². The third kappa shape index (κ3) is 4.89. The van der Waals surface area contributed by atoms with Crippen LogP contribution >= 0.6 is 0 Å². The number of amides is 3. The molecular formula is C26H25N5O4. The van der Waals surface area contributed by atoms with Gasteiger partial charge in [-0.2, -0.15) is 4.98 Å². The van der Waals surface area contributed by atoms with E-state index in [0.717, 1.165) is 23.4 Å². The van der Waals surface area contributed by atoms with Gasteiger partial charge in [-0.05, 0) is 60.5 Å². The second kappa shape index (κ2) is 9.76. The number of ether oxygens (including phenoxy) is 1. The van der Waals surface area contributed by atoms with E-state index in [2.05, 4.69) is 10.3 Å². The standard InChI is InChI=1S/C26H25N5O4/c1-34-22-7-4-6-19(16-22)17-30-14-5-15-31(26(30)33)25-28-23(18-35-25)24(32)27-20-8-10-21(11-9-20)29-12-2-3-13-29/h2-4,6-13,16,18H,5,14-15,17H2,1H3,(H,27,32). The molecule has 4 aromatic rings. The van der Waals surface area contributed by atoms with Crippen molar-refractivity contribution in [3.63, 3.8) is 0 Å². The van der Waals surface area contributed by atoms with Crippen molar-refractivity contribution >= 4 is 23.6 Å². The van der Waals surface area contributed by atoms with Crippen LogP contribution in [-0.4, -0.2) is 46.6 Å². The molecule has 178 valence electrons. The molecule has 2 aromatic carbocycles. The number of oxazole rings is 1. The van der Waals surface area contributed by atoms with E-state index in [4.69, 9.17) is 9.15 Å². The topological polar surface area (TPSA) is 92.8 Å². The summed E-state index contributed by atoms with van der Waals surface area (Å²) in [6.07, 6.45) is 5.93. The van der Waals surface area contributed by atoms with Gasteiger partial charge >= 0.3 is 12.0 Å². The predicted octanol–water partition coefficient (Wildman–Crippen LogP) is 4.56. The van der Waals surface area contributed by atoms with Crippen molar-refractivity contribution < 1.29 is 18.7 Å². The third-order valence-electron chi connectivity index (χ3n) is 5.80. The molecule has 0 spiro atoms. The summed E-state index contributed by atoms with van der Waals surface area (Å²) in [6, 6.07) is 18.9. The molecular weight excluding hydrogens is 446 g/mol. The summed E-state index contributed by atoms with van der Waals surface area (Å²) < 4.78 is 12.8. The highest BCUT2D eigenvalue weighted by atomic mass is 16.5. The Morgan fingerprint density at radius 1 is 1.09 bits per heavy atom. The fourth-order valence-corrected chi connectivity index (χ4v) is 4.01. The summed E-state index contributed by atoms with van der Waals surface area (Å²) >= 11 is 0. The van der Waals surface area contributed by atoms with Crippen molar-refractivity contribution in [1.29, 1.82) is 0 Å². The quantitative estimate of drug-likeness (QED) is 0.427. The minimum Gasteiger partial charge on any atom is -0.497 e. The van der Waals surface area contributed by atoms with Gasteiger partial charge < -0.3 is 23.9 Å². The van der Waals surface area contributed by atoms with E-state index in [9.17, 15) is 9.59 Å². The Kier molecular flexibility index (Phi) is 6.21. The van der Waals surface area contributed by atoms with Crippen molar-refractivity contribution in [1.82, 2.24) is 14.5 Å². The maximum absolute atomic E-state index is 13.1. The van der Waals surface area contributed by atoms with Crippen LogP contribution in [0.1, 0.15) is 22.5 Å². The molecule has 0 atom stereocenters. The minimum absolute atomic E-state index is 0.104. The number of anilines is 2. The number of hydrogen-bond acceptors (Lipinski definition) is 5. The first-order chi connectivity index (χ1) is 17.1. The van der Waals surface area contributed by atoms with Gasteiger partial charge in [0.1, 0.15) is 12.0 Å². The first kappa shape index (κ1) is 22.3. The first-order valence-electron chi connectivity index (χ1n) is 11.3. The second-order valence-electron chi connectivity index (χ2n) is 8.17. The lowest BCUT2D eigenvalue weighted by atomic mass is 10.2. The van der Waals surface area contributed by atoms with Crippen LogP contribution in [0.2, 0.25) is 0 Å². The van der Waals surface area contributed by atoms with Crippen molar-refractivity contribution in [2.75, 3.05) is 30.4 Å². The van der Waals surface area contributed by atoms with Gasteiger partial charge in [0, 0.05) is 43.4 Å². The van der Waals surface area contributed by atoms with Gasteiger partial charge in [-0.25, -0.2) is 9.69 Å². The van der Waals surface area contributed by atoms with Crippen LogP contribution in [0.15, 0.2) is 83.7 Å². The van der Waals surface area contributed by atoms with E-state index in [1.54, 1.807) is 12.0 Å². The smallest absolute Gasteiger partial charge is 0.328 e. The molecule has 5 rings (SSSR count). The highest BCUT2D eigenvalue weighted by molar-refractivity contribution is 6.03. The average Bonchev–Trinajstić information content (AvgIpc) is 3.59. The Bertz CT molecular complexity index is 1310. The Hall–Kier alpha value is -4.53. The molecule has 9 heteroatoms. The molecule has 0 aliphatic carbocycles. The summed E-state index contributed by atoms with van der Waals surface area (Å²) in [7, 11) is 1.61. The number of nitrogens with one attached hydrogen (secondary N) is 1. The highest BCUT2D eigenvalue weighted by Crippen LogP contribution is 2.23. The highest BCUT2D eigenvalue weighted by Gasteiger charge is 2.30. The molecule has 0 radical (unpaired) electrons. The normalized spacial score (nSPS) is 13.7. The van der Waals surface area contributed by atoms with Gasteiger partial charge in [-0.15, -0.1) is 0 Å². The maximum Gasteiger partial charge on any atom is 0.328 e. The SMILES string of the molecule is COc1cccc(CN2CCCN(c3nc(C(=O)Nc4ccc(-n5cccc5)cc4)co3)C2=O)c1. The van der Waals surface area contributed by atoms with Gasteiger partial charge in [-0.3, -0.25) is 4.79 Å². The number of rotatable bonds is 7. The predicted molar refractivity (Wildman–Crippen MR) is 131 cm³/mol. The molecule has 2 aromatic heterocycles. The molecule has 35 heavy (non-hydrogen) atoms. The van der Waals surface area contributed by atoms with Crippen molar-refractivity contribution in [3.05, 3.63) is 90.6 Å². The summed E-state index contributed by atoms with van der Waals surface area (Å²) in [4.78, 5) is 33.3. The zero-order valence-electron chi connectivity index (χ0n) is 19.3. The average molecular weight is 472 g/mol. The zero-order chi connectivity index (χ0) is 24.2.